The molecule has 30 nitrogen and oxygen atoms in total. The summed E-state index contributed by atoms with van der Waals surface area (Å²) in [6, 6.07) is 57.0. The molecule has 10 N–H and O–H groups in total. The molecule has 698 valence electrons. The molecule has 1 atom stereocenters. The van der Waals surface area contributed by atoms with Gasteiger partial charge < -0.3 is 43.4 Å². The van der Waals surface area contributed by atoms with Crippen LogP contribution in [0.4, 0.5) is 41.4 Å². The van der Waals surface area contributed by atoms with Crippen molar-refractivity contribution in [1.82, 2.24) is 97.0 Å². The fourth-order valence-corrected chi connectivity index (χ4v) is 15.6. The summed E-state index contributed by atoms with van der Waals surface area (Å²) < 4.78 is 62.3. The number of halogens is 4. The molecule has 0 radical (unpaired) electrons. The van der Waals surface area contributed by atoms with Gasteiger partial charge in [-0.25, -0.2) is 77.4 Å². The van der Waals surface area contributed by atoms with Crippen LogP contribution in [0.1, 0.15) is 92.8 Å². The monoisotopic (exact) mass is 1840 g/mol. The molecule has 0 aliphatic rings. The minimum Gasteiger partial charge on any atom is -0.369 e. The van der Waals surface area contributed by atoms with Crippen LogP contribution in [-0.2, 0) is 40.6 Å². The lowest BCUT2D eigenvalue weighted by molar-refractivity contribution is -0.119. The maximum Gasteiger partial charge on any atom is 0.231 e. The van der Waals surface area contributed by atoms with Crippen molar-refractivity contribution in [2.45, 2.75) is 92.5 Å². The number of hydrogen-bond donors (Lipinski definition) is 7. The molecule has 0 fully saturated rings. The summed E-state index contributed by atoms with van der Waals surface area (Å²) in [5.41, 5.74) is 37.4. The van der Waals surface area contributed by atoms with Gasteiger partial charge in [0.25, 0.3) is 0 Å². The van der Waals surface area contributed by atoms with Crippen LogP contribution in [0, 0.1) is 30.2 Å². The number of nitrogens with two attached hydrogens (primary N) is 3. The van der Waals surface area contributed by atoms with Crippen molar-refractivity contribution in [3.8, 4) is 90.6 Å². The Morgan fingerprint density at radius 3 is 0.963 bits per heavy atom. The van der Waals surface area contributed by atoms with Gasteiger partial charge in [-0.1, -0.05) is 56.5 Å². The van der Waals surface area contributed by atoms with E-state index in [9.17, 15) is 31.9 Å². The summed E-state index contributed by atoms with van der Waals surface area (Å²) in [7, 11) is 9.59. The highest BCUT2D eigenvalue weighted by atomic mass is 19.1. The first-order valence-corrected chi connectivity index (χ1v) is 44.7. The van der Waals surface area contributed by atoms with E-state index < -0.39 is 0 Å². The zero-order chi connectivity index (χ0) is 96.1. The number of primary amides is 3. The number of anilines is 4. The summed E-state index contributed by atoms with van der Waals surface area (Å²) in [6.45, 7) is 15.6. The SMILES string of the molecule is CCCCCNc1nccc(-c2c(-c3ccc(F)cc3)nc3cc(CN(C)CC(N)=O)ccn23)n1.CCCNc1nccc(-c2c(-c3ccc(F)cc3)nc3cc(CN(C)CC(N)=O)ccn23)n1.CCNc1nccc(-c2c(-c3ccc(F)cc3)nc3cc(CN(C)CC(N)=O)ccn23)n1.Cc1ccc(C(C)Nc2nccc(-c3c(-c4ccc(F)cc4)nc4cc(CN(C)C)ccn34)n2)cc1. The van der Waals surface area contributed by atoms with Gasteiger partial charge in [0, 0.05) is 118 Å². The summed E-state index contributed by atoms with van der Waals surface area (Å²) >= 11 is 0. The van der Waals surface area contributed by atoms with E-state index >= 15 is 0 Å². The predicted octanol–water partition coefficient (Wildman–Crippen LogP) is 16.5. The van der Waals surface area contributed by atoms with Gasteiger partial charge in [-0.05, 0) is 267 Å². The lowest BCUT2D eigenvalue weighted by Gasteiger charge is -2.15. The molecule has 0 aliphatic carbocycles. The summed E-state index contributed by atoms with van der Waals surface area (Å²) in [5, 5.41) is 13.1. The van der Waals surface area contributed by atoms with Crippen molar-refractivity contribution < 1.29 is 31.9 Å². The number of imidazole rings is 4. The number of aromatic nitrogens is 16. The number of carbonyl (C=O) groups is 3. The number of nitrogens with one attached hydrogen (secondary N) is 4. The Kier molecular flexibility index (Phi) is 32.0. The number of likely N-dealkylation sites (N-methyl/N-ethyl adjacent to an activating group) is 3. The molecule has 34 heteroatoms. The molecule has 5 aromatic carbocycles. The second-order valence-corrected chi connectivity index (χ2v) is 33.4. The van der Waals surface area contributed by atoms with E-state index in [2.05, 4.69) is 115 Å². The molecule has 3 amide bonds. The van der Waals surface area contributed by atoms with Gasteiger partial charge in [-0.2, -0.15) is 0 Å². The topological polar surface area (TPSA) is 363 Å². The number of hydrogen-bond acceptors (Lipinski definition) is 23. The van der Waals surface area contributed by atoms with Crippen molar-refractivity contribution in [3.05, 3.63) is 300 Å². The van der Waals surface area contributed by atoms with E-state index in [1.54, 1.807) is 73.3 Å². The van der Waals surface area contributed by atoms with Crippen molar-refractivity contribution in [1.29, 1.82) is 0 Å². The number of fused-ring (bicyclic) bond motifs is 4. The minimum absolute atomic E-state index is 0.0354. The second kappa shape index (κ2) is 45.2. The molecule has 17 rings (SSSR count). The number of amides is 3. The van der Waals surface area contributed by atoms with E-state index in [-0.39, 0.29) is 66.7 Å². The van der Waals surface area contributed by atoms with Crippen LogP contribution in [0.3, 0.4) is 0 Å². The van der Waals surface area contributed by atoms with Gasteiger partial charge in [-0.3, -0.25) is 46.7 Å². The number of carbonyl (C=O) groups excluding carboxylic acids is 3. The van der Waals surface area contributed by atoms with Crippen LogP contribution in [0.25, 0.3) is 113 Å². The molecule has 0 saturated carbocycles. The third kappa shape index (κ3) is 25.0. The summed E-state index contributed by atoms with van der Waals surface area (Å²) in [6.07, 6.45) is 19.0. The van der Waals surface area contributed by atoms with E-state index in [1.807, 2.05) is 160 Å². The molecule has 1 unspecified atom stereocenters. The first-order chi connectivity index (χ1) is 65.7. The van der Waals surface area contributed by atoms with Gasteiger partial charge in [0.2, 0.25) is 41.5 Å². The standard InChI is InChI=1S/C29H29FN6.C26H30FN7O.C24H26FN7O.C23H24FN7O/c1-19-5-7-22(8-6-19)20(2)32-29-31-15-13-25(33-29)28-27(23-9-11-24(30)12-10-23)34-26-17-21(18-35(3)4)14-16-36(26)28;1-3-4-5-12-29-26-30-13-10-21(31-26)25-24(19-6-8-20(27)9-7-19)32-23-15-18(11-14-34(23)25)16-33(2)17-22(28)35;1-3-10-27-24-28-11-8-19(29-24)23-22(17-4-6-18(25)7-5-17)30-21-13-16(9-12-32(21)23)14-31(2)15-20(26)33;1-3-26-23-27-10-8-18(28-23)22-21(16-4-6-17(24)7-5-16)29-20-12-15(9-11-31(20)22)13-30(2)14-19(25)32/h5-17,20H,18H2,1-4H3,(H,31,32,33);6-11,13-15H,3-5,12,16-17H2,1-2H3,(H2,28,35)(H,29,30,31);4-9,11-13H,3,10,14-15H2,1-2H3,(H2,26,33)(H,27,28,29);4-12H,3,13-14H2,1-2H3,(H2,25,32)(H,26,27,28). The third-order valence-electron chi connectivity index (χ3n) is 21.8. The Balaban J connectivity index is 0.000000145. The van der Waals surface area contributed by atoms with E-state index in [1.165, 1.54) is 54.1 Å². The highest BCUT2D eigenvalue weighted by molar-refractivity contribution is 5.85. The number of aryl methyl sites for hydroxylation is 1. The molecule has 12 aromatic heterocycles. The fourth-order valence-electron chi connectivity index (χ4n) is 15.6. The van der Waals surface area contributed by atoms with Crippen LogP contribution in [-0.4, -0.2) is 189 Å². The summed E-state index contributed by atoms with van der Waals surface area (Å²) in [5.74, 6) is -0.185. The number of benzene rings is 5. The maximum absolute atomic E-state index is 13.7. The van der Waals surface area contributed by atoms with Gasteiger partial charge in [0.15, 0.2) is 0 Å². The van der Waals surface area contributed by atoms with Crippen LogP contribution >= 0.6 is 0 Å². The van der Waals surface area contributed by atoms with Crippen LogP contribution < -0.4 is 38.5 Å². The Bertz CT molecular complexity index is 6970. The quantitative estimate of drug-likeness (QED) is 0.0143. The molecule has 0 spiro atoms. The Labute approximate surface area is 785 Å². The van der Waals surface area contributed by atoms with Crippen LogP contribution in [0.2, 0.25) is 0 Å². The first kappa shape index (κ1) is 96.4. The molecular weight excluding hydrogens is 1730 g/mol. The highest BCUT2D eigenvalue weighted by Gasteiger charge is 2.26. The van der Waals surface area contributed by atoms with Crippen LogP contribution in [0.5, 0.6) is 0 Å². The molecule has 0 bridgehead atoms. The number of rotatable bonds is 35. The average Bonchev–Trinajstić information content (AvgIpc) is 1.63. The van der Waals surface area contributed by atoms with Crippen LogP contribution in [0.15, 0.2) is 244 Å². The lowest BCUT2D eigenvalue weighted by Crippen LogP contribution is -2.30. The van der Waals surface area contributed by atoms with Crippen molar-refractivity contribution in [2.75, 3.05) is 95.8 Å². The second-order valence-electron chi connectivity index (χ2n) is 33.4. The lowest BCUT2D eigenvalue weighted by atomic mass is 10.1. The molecule has 0 aliphatic heterocycles. The smallest absolute Gasteiger partial charge is 0.231 e. The maximum atomic E-state index is 13.7. The van der Waals surface area contributed by atoms with Crippen molar-refractivity contribution in [3.63, 3.8) is 0 Å². The van der Waals surface area contributed by atoms with Gasteiger partial charge >= 0.3 is 0 Å². The first-order valence-electron chi connectivity index (χ1n) is 44.7. The predicted molar refractivity (Wildman–Crippen MR) is 525 cm³/mol. The largest absolute Gasteiger partial charge is 0.369 e. The third-order valence-corrected chi connectivity index (χ3v) is 21.8. The van der Waals surface area contributed by atoms with Gasteiger partial charge in [-0.15, -0.1) is 0 Å². The molecule has 0 saturated heterocycles. The van der Waals surface area contributed by atoms with Gasteiger partial charge in [0.1, 0.15) is 45.9 Å². The van der Waals surface area contributed by atoms with Crippen molar-refractivity contribution >= 4 is 64.1 Å². The molecule has 136 heavy (non-hydrogen) atoms. The molecule has 17 aromatic rings. The van der Waals surface area contributed by atoms with E-state index in [0.717, 1.165) is 146 Å². The average molecular weight is 1840 g/mol. The van der Waals surface area contributed by atoms with E-state index in [0.29, 0.717) is 89.8 Å². The molecular formula is C102H109F4N27O3. The Morgan fingerprint density at radius 2 is 0.662 bits per heavy atom. The number of nitrogens with zero attached hydrogens (tertiary/aromatic N) is 20. The van der Waals surface area contributed by atoms with Crippen molar-refractivity contribution in [2.24, 2.45) is 17.2 Å². The Hall–Kier alpha value is -15.7. The number of pyridine rings is 4. The van der Waals surface area contributed by atoms with Gasteiger partial charge in [0.05, 0.1) is 94.0 Å². The normalized spacial score (nSPS) is 11.5. The zero-order valence-electron chi connectivity index (χ0n) is 77.5. The molecule has 12 heterocycles. The zero-order valence-corrected chi connectivity index (χ0v) is 77.5. The fraction of sp³-hybridized carbons (Fsp3) is 0.245. The summed E-state index contributed by atoms with van der Waals surface area (Å²) in [4.78, 5) is 97.2. The minimum atomic E-state index is -0.379. The Morgan fingerprint density at radius 1 is 0.360 bits per heavy atom. The number of unbranched alkanes of at least 4 members (excludes halogenated alkanes) is 2. The van der Waals surface area contributed by atoms with E-state index in [4.69, 9.17) is 52.1 Å². The highest BCUT2D eigenvalue weighted by Crippen LogP contribution is 2.39.